The van der Waals surface area contributed by atoms with Gasteiger partial charge in [0.05, 0.1) is 18.0 Å². The van der Waals surface area contributed by atoms with E-state index in [9.17, 15) is 0 Å². The highest BCUT2D eigenvalue weighted by atomic mass is 16.5. The summed E-state index contributed by atoms with van der Waals surface area (Å²) in [6, 6.07) is 18.0. The van der Waals surface area contributed by atoms with Crippen molar-refractivity contribution in [3.05, 3.63) is 71.5 Å². The fourth-order valence-electron chi connectivity index (χ4n) is 2.42. The molecule has 0 saturated heterocycles. The van der Waals surface area contributed by atoms with Gasteiger partial charge in [0.15, 0.2) is 0 Å². The summed E-state index contributed by atoms with van der Waals surface area (Å²) >= 11 is 0. The first-order valence-electron chi connectivity index (χ1n) is 7.66. The van der Waals surface area contributed by atoms with Crippen molar-refractivity contribution in [2.24, 2.45) is 5.73 Å². The molecule has 1 aromatic heterocycles. The molecule has 0 aliphatic heterocycles. The zero-order chi connectivity index (χ0) is 16.1. The van der Waals surface area contributed by atoms with E-state index in [2.05, 4.69) is 29.4 Å². The number of ether oxygens (including phenoxy) is 1. The summed E-state index contributed by atoms with van der Waals surface area (Å²) in [5, 5.41) is 8.44. The largest absolute Gasteiger partial charge is 0.493 e. The van der Waals surface area contributed by atoms with Crippen molar-refractivity contribution < 1.29 is 4.74 Å². The second-order valence-electron chi connectivity index (χ2n) is 5.35. The smallest absolute Gasteiger partial charge is 0.119 e. The monoisotopic (exact) mass is 308 g/mol. The van der Waals surface area contributed by atoms with Gasteiger partial charge in [0.25, 0.3) is 0 Å². The van der Waals surface area contributed by atoms with Crippen LogP contribution in [0.15, 0.2) is 54.6 Å². The summed E-state index contributed by atoms with van der Waals surface area (Å²) in [5.41, 5.74) is 9.79. The van der Waals surface area contributed by atoms with Crippen LogP contribution in [0.3, 0.4) is 0 Å². The van der Waals surface area contributed by atoms with E-state index in [1.54, 1.807) is 0 Å². The molecular weight excluding hydrogens is 288 g/mol. The van der Waals surface area contributed by atoms with E-state index in [1.807, 2.05) is 47.1 Å². The number of nitrogens with two attached hydrogens (primary N) is 1. The fraction of sp³-hybridized carbons (Fsp3) is 0.222. The average Bonchev–Trinajstić information content (AvgIpc) is 2.99. The van der Waals surface area contributed by atoms with Crippen LogP contribution < -0.4 is 10.5 Å². The second kappa shape index (κ2) is 7.07. The van der Waals surface area contributed by atoms with Gasteiger partial charge in [0.1, 0.15) is 11.4 Å². The third kappa shape index (κ3) is 3.57. The number of aromatic nitrogens is 3. The van der Waals surface area contributed by atoms with Crippen molar-refractivity contribution in [2.75, 3.05) is 6.61 Å². The number of nitrogens with zero attached hydrogens (tertiary/aromatic N) is 3. The fourth-order valence-corrected chi connectivity index (χ4v) is 2.42. The van der Waals surface area contributed by atoms with Gasteiger partial charge in [-0.15, -0.1) is 5.10 Å². The first-order chi connectivity index (χ1) is 11.3. The van der Waals surface area contributed by atoms with Gasteiger partial charge in [-0.3, -0.25) is 0 Å². The molecule has 0 fully saturated rings. The molecule has 0 aliphatic carbocycles. The summed E-state index contributed by atoms with van der Waals surface area (Å²) in [5.74, 6) is 0.858. The lowest BCUT2D eigenvalue weighted by Crippen LogP contribution is -2.11. The highest BCUT2D eigenvalue weighted by molar-refractivity contribution is 5.35. The van der Waals surface area contributed by atoms with Gasteiger partial charge < -0.3 is 10.5 Å². The maximum absolute atomic E-state index is 5.79. The summed E-state index contributed by atoms with van der Waals surface area (Å²) in [4.78, 5) is 0. The third-order valence-corrected chi connectivity index (χ3v) is 3.67. The Morgan fingerprint density at radius 1 is 1.04 bits per heavy atom. The zero-order valence-electron chi connectivity index (χ0n) is 13.1. The Bertz CT molecular complexity index is 750. The summed E-state index contributed by atoms with van der Waals surface area (Å²) in [6.45, 7) is 2.98. The van der Waals surface area contributed by atoms with Gasteiger partial charge in [-0.1, -0.05) is 41.1 Å². The summed E-state index contributed by atoms with van der Waals surface area (Å²) in [6.07, 6.45) is 0.697. The minimum absolute atomic E-state index is 0.368. The predicted octanol–water partition coefficient (Wildman–Crippen LogP) is 2.66. The Morgan fingerprint density at radius 2 is 1.78 bits per heavy atom. The van der Waals surface area contributed by atoms with Crippen molar-refractivity contribution in [1.29, 1.82) is 0 Å². The van der Waals surface area contributed by atoms with Crippen LogP contribution in [0, 0.1) is 6.92 Å². The van der Waals surface area contributed by atoms with Gasteiger partial charge in [-0.2, -0.15) is 0 Å². The molecule has 2 N–H and O–H groups in total. The quantitative estimate of drug-likeness (QED) is 0.760. The van der Waals surface area contributed by atoms with Crippen LogP contribution in [0.5, 0.6) is 5.75 Å². The van der Waals surface area contributed by atoms with E-state index in [1.165, 1.54) is 5.56 Å². The number of benzene rings is 2. The minimum Gasteiger partial charge on any atom is -0.493 e. The Hall–Kier alpha value is -2.66. The Morgan fingerprint density at radius 3 is 2.48 bits per heavy atom. The first kappa shape index (κ1) is 15.2. The van der Waals surface area contributed by atoms with Crippen molar-refractivity contribution >= 4 is 0 Å². The van der Waals surface area contributed by atoms with Crippen LogP contribution in [-0.4, -0.2) is 21.6 Å². The molecule has 23 heavy (non-hydrogen) atoms. The van der Waals surface area contributed by atoms with E-state index in [0.29, 0.717) is 19.6 Å². The van der Waals surface area contributed by atoms with E-state index in [4.69, 9.17) is 10.5 Å². The van der Waals surface area contributed by atoms with Crippen LogP contribution in [-0.2, 0) is 13.0 Å². The molecule has 0 amide bonds. The first-order valence-corrected chi connectivity index (χ1v) is 7.66. The molecule has 0 aliphatic rings. The lowest BCUT2D eigenvalue weighted by Gasteiger charge is -2.09. The third-order valence-electron chi connectivity index (χ3n) is 3.67. The van der Waals surface area contributed by atoms with E-state index >= 15 is 0 Å². The molecule has 0 atom stereocenters. The van der Waals surface area contributed by atoms with Crippen LogP contribution in [0.1, 0.15) is 17.0 Å². The Balaban J connectivity index is 1.77. The number of para-hydroxylation sites is 1. The number of hydrogen-bond acceptors (Lipinski definition) is 4. The van der Waals surface area contributed by atoms with Gasteiger partial charge in [-0.25, -0.2) is 4.68 Å². The number of hydrogen-bond donors (Lipinski definition) is 1. The van der Waals surface area contributed by atoms with Crippen molar-refractivity contribution in [3.8, 4) is 11.4 Å². The predicted molar refractivity (Wildman–Crippen MR) is 89.6 cm³/mol. The van der Waals surface area contributed by atoms with Crippen molar-refractivity contribution in [3.63, 3.8) is 0 Å². The molecule has 5 nitrogen and oxygen atoms in total. The van der Waals surface area contributed by atoms with Gasteiger partial charge >= 0.3 is 0 Å². The number of rotatable bonds is 6. The van der Waals surface area contributed by atoms with Gasteiger partial charge in [-0.05, 0) is 31.2 Å². The molecule has 118 valence electrons. The molecule has 5 heteroatoms. The molecule has 3 rings (SSSR count). The van der Waals surface area contributed by atoms with E-state index in [-0.39, 0.29) is 0 Å². The molecule has 0 radical (unpaired) electrons. The zero-order valence-corrected chi connectivity index (χ0v) is 13.1. The minimum atomic E-state index is 0.368. The van der Waals surface area contributed by atoms with E-state index < -0.39 is 0 Å². The lowest BCUT2D eigenvalue weighted by atomic mass is 10.2. The molecule has 1 heterocycles. The maximum Gasteiger partial charge on any atom is 0.119 e. The topological polar surface area (TPSA) is 66.0 Å². The molecule has 0 saturated carbocycles. The Kier molecular flexibility index (Phi) is 4.68. The normalized spacial score (nSPS) is 10.7. The number of aryl methyl sites for hydroxylation is 1. The summed E-state index contributed by atoms with van der Waals surface area (Å²) in [7, 11) is 0. The van der Waals surface area contributed by atoms with Crippen LogP contribution in [0.25, 0.3) is 5.69 Å². The average molecular weight is 308 g/mol. The lowest BCUT2D eigenvalue weighted by molar-refractivity contribution is 0.319. The van der Waals surface area contributed by atoms with Crippen molar-refractivity contribution in [2.45, 2.75) is 19.9 Å². The highest BCUT2D eigenvalue weighted by Crippen LogP contribution is 2.15. The van der Waals surface area contributed by atoms with Crippen LogP contribution >= 0.6 is 0 Å². The standard InChI is InChI=1S/C18H20N4O/c1-14-7-9-15(10-8-14)22-18(17(13-19)20-21-22)11-12-23-16-5-3-2-4-6-16/h2-10H,11-13,19H2,1H3. The highest BCUT2D eigenvalue weighted by Gasteiger charge is 2.13. The van der Waals surface area contributed by atoms with E-state index in [0.717, 1.165) is 22.8 Å². The molecular formula is C18H20N4O. The van der Waals surface area contributed by atoms with Crippen LogP contribution in [0.4, 0.5) is 0 Å². The molecule has 0 unspecified atom stereocenters. The molecule has 0 bridgehead atoms. The van der Waals surface area contributed by atoms with Crippen molar-refractivity contribution in [1.82, 2.24) is 15.0 Å². The molecule has 2 aromatic carbocycles. The second-order valence-corrected chi connectivity index (χ2v) is 5.35. The van der Waals surface area contributed by atoms with Gasteiger partial charge in [0.2, 0.25) is 0 Å². The maximum atomic E-state index is 5.79. The molecule has 0 spiro atoms. The Labute approximate surface area is 135 Å². The van der Waals surface area contributed by atoms with Crippen LogP contribution in [0.2, 0.25) is 0 Å². The van der Waals surface area contributed by atoms with Gasteiger partial charge in [0, 0.05) is 13.0 Å². The summed E-state index contributed by atoms with van der Waals surface area (Å²) < 4.78 is 7.62. The SMILES string of the molecule is Cc1ccc(-n2nnc(CN)c2CCOc2ccccc2)cc1. The molecule has 3 aromatic rings.